The molecule has 0 saturated heterocycles. The Morgan fingerprint density at radius 1 is 1.60 bits per heavy atom. The fraction of sp³-hybridized carbons (Fsp3) is 1.00. The van der Waals surface area contributed by atoms with Crippen molar-refractivity contribution in [3.63, 3.8) is 0 Å². The molecule has 62 valence electrons. The molecule has 0 aliphatic rings. The van der Waals surface area contributed by atoms with E-state index in [2.05, 4.69) is 0 Å². The zero-order valence-corrected chi connectivity index (χ0v) is 6.32. The van der Waals surface area contributed by atoms with E-state index in [-0.39, 0.29) is 6.61 Å². The number of rotatable bonds is 5. The van der Waals surface area contributed by atoms with Gasteiger partial charge >= 0.3 is 0 Å². The first kappa shape index (κ1) is 9.84. The first-order chi connectivity index (χ1) is 4.72. The molecule has 1 atom stereocenters. The van der Waals surface area contributed by atoms with Crippen LogP contribution >= 0.6 is 0 Å². The van der Waals surface area contributed by atoms with Gasteiger partial charge in [-0.1, -0.05) is 6.92 Å². The van der Waals surface area contributed by atoms with Gasteiger partial charge in [0.2, 0.25) is 0 Å². The Morgan fingerprint density at radius 2 is 2.20 bits per heavy atom. The second kappa shape index (κ2) is 5.61. The lowest BCUT2D eigenvalue weighted by Gasteiger charge is -2.20. The molecule has 4 heteroatoms. The second-order valence-electron chi connectivity index (χ2n) is 2.20. The highest BCUT2D eigenvalue weighted by atomic mass is 16.3. The minimum absolute atomic E-state index is 0.115. The molecule has 0 bridgehead atoms. The lowest BCUT2D eigenvalue weighted by atomic mass is 10.4. The number of aliphatic hydroxyl groups excluding tert-OH is 2. The first-order valence-corrected chi connectivity index (χ1v) is 3.52. The Kier molecular flexibility index (Phi) is 5.52. The van der Waals surface area contributed by atoms with Crippen LogP contribution in [-0.2, 0) is 0 Å². The Balaban J connectivity index is 3.31. The Bertz CT molecular complexity index is 80.1. The van der Waals surface area contributed by atoms with Gasteiger partial charge in [-0.05, 0) is 12.8 Å². The van der Waals surface area contributed by atoms with Crippen LogP contribution in [0.1, 0.15) is 19.8 Å². The molecule has 0 heterocycles. The molecule has 0 fully saturated rings. The van der Waals surface area contributed by atoms with Gasteiger partial charge in [0.25, 0.3) is 0 Å². The molecule has 0 radical (unpaired) electrons. The molecule has 0 aromatic carbocycles. The van der Waals surface area contributed by atoms with Crippen LogP contribution in [0.5, 0.6) is 0 Å². The maximum Gasteiger partial charge on any atom is 0.119 e. The highest BCUT2D eigenvalue weighted by Crippen LogP contribution is 1.94. The topological polar surface area (TPSA) is 69.7 Å². The second-order valence-corrected chi connectivity index (χ2v) is 2.20. The standard InChI is InChI=1S/C6H16N2O2/c1-2-6(10)8(7)4-3-5-9/h6,9-10H,2-5,7H2,1H3/t6-/m0/s1. The van der Waals surface area contributed by atoms with E-state index < -0.39 is 6.23 Å². The van der Waals surface area contributed by atoms with Gasteiger partial charge in [0.1, 0.15) is 6.23 Å². The molecular formula is C6H16N2O2. The van der Waals surface area contributed by atoms with Crippen molar-refractivity contribution in [1.82, 2.24) is 5.01 Å². The third-order valence-electron chi connectivity index (χ3n) is 1.32. The van der Waals surface area contributed by atoms with Crippen LogP contribution in [0.4, 0.5) is 0 Å². The predicted octanol–water partition coefficient (Wildman–Crippen LogP) is -0.727. The van der Waals surface area contributed by atoms with Gasteiger partial charge in [0.15, 0.2) is 0 Å². The molecule has 0 spiro atoms. The molecule has 0 aromatic rings. The first-order valence-electron chi connectivity index (χ1n) is 3.52. The van der Waals surface area contributed by atoms with Crippen molar-refractivity contribution in [2.45, 2.75) is 26.0 Å². The van der Waals surface area contributed by atoms with Gasteiger partial charge in [-0.3, -0.25) is 5.84 Å². The van der Waals surface area contributed by atoms with Crippen LogP contribution in [0.3, 0.4) is 0 Å². The molecule has 0 amide bonds. The highest BCUT2D eigenvalue weighted by Gasteiger charge is 2.06. The largest absolute Gasteiger partial charge is 0.396 e. The van der Waals surface area contributed by atoms with Gasteiger partial charge in [-0.15, -0.1) is 0 Å². The molecule has 10 heavy (non-hydrogen) atoms. The van der Waals surface area contributed by atoms with E-state index in [1.807, 2.05) is 6.92 Å². The molecule has 4 nitrogen and oxygen atoms in total. The minimum atomic E-state index is -0.577. The smallest absolute Gasteiger partial charge is 0.119 e. The number of hydrogen-bond donors (Lipinski definition) is 3. The van der Waals surface area contributed by atoms with Crippen molar-refractivity contribution in [1.29, 1.82) is 0 Å². The quantitative estimate of drug-likeness (QED) is 0.273. The van der Waals surface area contributed by atoms with Crippen LogP contribution in [0.15, 0.2) is 0 Å². The SMILES string of the molecule is CC[C@H](O)N(N)CCCO. The summed E-state index contributed by atoms with van der Waals surface area (Å²) in [5, 5.41) is 18.8. The van der Waals surface area contributed by atoms with Gasteiger partial charge in [-0.25, -0.2) is 5.01 Å². The maximum absolute atomic E-state index is 9.07. The molecule has 0 aliphatic carbocycles. The van der Waals surface area contributed by atoms with E-state index in [0.29, 0.717) is 19.4 Å². The Labute approximate surface area is 61.2 Å². The summed E-state index contributed by atoms with van der Waals surface area (Å²) >= 11 is 0. The van der Waals surface area contributed by atoms with Crippen molar-refractivity contribution in [2.75, 3.05) is 13.2 Å². The fourth-order valence-corrected chi connectivity index (χ4v) is 0.637. The van der Waals surface area contributed by atoms with Crippen molar-refractivity contribution in [3.8, 4) is 0 Å². The summed E-state index contributed by atoms with van der Waals surface area (Å²) < 4.78 is 0. The molecule has 0 unspecified atom stereocenters. The van der Waals surface area contributed by atoms with Crippen LogP contribution < -0.4 is 5.84 Å². The fourth-order valence-electron chi connectivity index (χ4n) is 0.637. The summed E-state index contributed by atoms with van der Waals surface area (Å²) in [7, 11) is 0. The van der Waals surface area contributed by atoms with E-state index in [0.717, 1.165) is 0 Å². The van der Waals surface area contributed by atoms with E-state index in [1.165, 1.54) is 5.01 Å². The van der Waals surface area contributed by atoms with Gasteiger partial charge in [-0.2, -0.15) is 0 Å². The lowest BCUT2D eigenvalue weighted by Crippen LogP contribution is -2.41. The number of nitrogens with zero attached hydrogens (tertiary/aromatic N) is 1. The number of nitrogens with two attached hydrogens (primary N) is 1. The average molecular weight is 148 g/mol. The van der Waals surface area contributed by atoms with Gasteiger partial charge in [0, 0.05) is 13.2 Å². The average Bonchev–Trinajstić information content (AvgIpc) is 1.98. The van der Waals surface area contributed by atoms with Crippen molar-refractivity contribution in [3.05, 3.63) is 0 Å². The molecule has 0 saturated carbocycles. The van der Waals surface area contributed by atoms with Crippen molar-refractivity contribution in [2.24, 2.45) is 5.84 Å². The van der Waals surface area contributed by atoms with Crippen LogP contribution in [0, 0.1) is 0 Å². The summed E-state index contributed by atoms with van der Waals surface area (Å²) in [5.41, 5.74) is 0. The van der Waals surface area contributed by atoms with Crippen LogP contribution in [-0.4, -0.2) is 34.6 Å². The number of aliphatic hydroxyl groups is 2. The van der Waals surface area contributed by atoms with Crippen molar-refractivity contribution < 1.29 is 10.2 Å². The lowest BCUT2D eigenvalue weighted by molar-refractivity contribution is -0.00270. The minimum Gasteiger partial charge on any atom is -0.396 e. The molecule has 4 N–H and O–H groups in total. The van der Waals surface area contributed by atoms with Crippen LogP contribution in [0.25, 0.3) is 0 Å². The zero-order chi connectivity index (χ0) is 7.98. The Hall–Kier alpha value is -0.160. The van der Waals surface area contributed by atoms with E-state index in [4.69, 9.17) is 16.1 Å². The van der Waals surface area contributed by atoms with E-state index in [1.54, 1.807) is 0 Å². The third kappa shape index (κ3) is 3.79. The van der Waals surface area contributed by atoms with E-state index in [9.17, 15) is 0 Å². The summed E-state index contributed by atoms with van der Waals surface area (Å²) in [4.78, 5) is 0. The highest BCUT2D eigenvalue weighted by molar-refractivity contribution is 4.51. The zero-order valence-electron chi connectivity index (χ0n) is 6.32. The number of hydrazine groups is 1. The Morgan fingerprint density at radius 3 is 2.60 bits per heavy atom. The summed E-state index contributed by atoms with van der Waals surface area (Å²) in [6.45, 7) is 2.50. The predicted molar refractivity (Wildman–Crippen MR) is 38.9 cm³/mol. The summed E-state index contributed by atoms with van der Waals surface area (Å²) in [5.74, 6) is 5.39. The molecule has 0 rings (SSSR count). The maximum atomic E-state index is 9.07. The third-order valence-corrected chi connectivity index (χ3v) is 1.32. The molecular weight excluding hydrogens is 132 g/mol. The number of hydrogen-bond acceptors (Lipinski definition) is 4. The van der Waals surface area contributed by atoms with Gasteiger partial charge < -0.3 is 10.2 Å². The monoisotopic (exact) mass is 148 g/mol. The summed E-state index contributed by atoms with van der Waals surface area (Å²) in [6, 6.07) is 0. The normalized spacial score (nSPS) is 14.1. The van der Waals surface area contributed by atoms with Gasteiger partial charge in [0.05, 0.1) is 0 Å². The molecule has 0 aliphatic heterocycles. The summed E-state index contributed by atoms with van der Waals surface area (Å²) in [6.07, 6.45) is 0.640. The van der Waals surface area contributed by atoms with Crippen LogP contribution in [0.2, 0.25) is 0 Å². The van der Waals surface area contributed by atoms with Crippen molar-refractivity contribution >= 4 is 0 Å². The molecule has 0 aromatic heterocycles. The van der Waals surface area contributed by atoms with E-state index >= 15 is 0 Å².